The fourth-order valence-electron chi connectivity index (χ4n) is 2.17. The third-order valence-electron chi connectivity index (χ3n) is 3.11. The maximum absolute atomic E-state index is 11.8. The van der Waals surface area contributed by atoms with E-state index in [1.807, 2.05) is 0 Å². The van der Waals surface area contributed by atoms with Gasteiger partial charge in [-0.3, -0.25) is 9.59 Å². The van der Waals surface area contributed by atoms with Gasteiger partial charge in [-0.2, -0.15) is 0 Å². The SMILES string of the molecule is NC(=O)CN(CC(=O)O)C(=O)NCCN1CCCCC1. The quantitative estimate of drug-likeness (QED) is 0.558. The Bertz CT molecular complexity index is 339. The average Bonchev–Trinajstić information content (AvgIpc) is 2.38. The molecule has 0 atom stereocenters. The van der Waals surface area contributed by atoms with Crippen molar-refractivity contribution in [1.29, 1.82) is 0 Å². The number of piperidine rings is 1. The van der Waals surface area contributed by atoms with Gasteiger partial charge in [0.25, 0.3) is 0 Å². The number of nitrogens with two attached hydrogens (primary N) is 1. The van der Waals surface area contributed by atoms with Crippen LogP contribution in [-0.2, 0) is 9.59 Å². The molecule has 0 aliphatic carbocycles. The molecule has 0 aromatic carbocycles. The highest BCUT2D eigenvalue weighted by Crippen LogP contribution is 2.07. The van der Waals surface area contributed by atoms with Crippen LogP contribution in [0.5, 0.6) is 0 Å². The second-order valence-electron chi connectivity index (χ2n) is 4.85. The van der Waals surface area contributed by atoms with Crippen molar-refractivity contribution in [3.63, 3.8) is 0 Å². The van der Waals surface area contributed by atoms with Crippen molar-refractivity contribution < 1.29 is 19.5 Å². The van der Waals surface area contributed by atoms with Gasteiger partial charge in [0.2, 0.25) is 5.91 Å². The third kappa shape index (κ3) is 6.37. The highest BCUT2D eigenvalue weighted by Gasteiger charge is 2.18. The molecule has 0 aromatic heterocycles. The summed E-state index contributed by atoms with van der Waals surface area (Å²) in [7, 11) is 0. The van der Waals surface area contributed by atoms with Crippen molar-refractivity contribution in [2.75, 3.05) is 39.3 Å². The van der Waals surface area contributed by atoms with Gasteiger partial charge in [-0.1, -0.05) is 6.42 Å². The van der Waals surface area contributed by atoms with Gasteiger partial charge in [0.1, 0.15) is 13.1 Å². The Morgan fingerprint density at radius 1 is 1.15 bits per heavy atom. The molecule has 0 aromatic rings. The molecule has 0 radical (unpaired) electrons. The number of hydrogen-bond acceptors (Lipinski definition) is 4. The highest BCUT2D eigenvalue weighted by atomic mass is 16.4. The summed E-state index contributed by atoms with van der Waals surface area (Å²) in [5, 5.41) is 11.3. The first kappa shape index (κ1) is 16.2. The molecule has 1 aliphatic heterocycles. The predicted octanol–water partition coefficient (Wildman–Crippen LogP) is -0.946. The Balaban J connectivity index is 2.32. The van der Waals surface area contributed by atoms with Crippen molar-refractivity contribution in [2.45, 2.75) is 19.3 Å². The van der Waals surface area contributed by atoms with Gasteiger partial charge in [-0.15, -0.1) is 0 Å². The Kier molecular flexibility index (Phi) is 6.78. The van der Waals surface area contributed by atoms with Crippen LogP contribution in [0.3, 0.4) is 0 Å². The summed E-state index contributed by atoms with van der Waals surface area (Å²) >= 11 is 0. The molecule has 0 spiro atoms. The number of carbonyl (C=O) groups is 3. The molecule has 8 heteroatoms. The maximum Gasteiger partial charge on any atom is 0.323 e. The molecule has 20 heavy (non-hydrogen) atoms. The minimum Gasteiger partial charge on any atom is -0.480 e. The van der Waals surface area contributed by atoms with E-state index >= 15 is 0 Å². The number of hydrogen-bond donors (Lipinski definition) is 3. The lowest BCUT2D eigenvalue weighted by molar-refractivity contribution is -0.137. The standard InChI is InChI=1S/C12H22N4O4/c13-10(17)8-16(9-11(18)19)12(20)14-4-7-15-5-2-1-3-6-15/h1-9H2,(H2,13,17)(H,14,20)(H,18,19). The van der Waals surface area contributed by atoms with Crippen molar-refractivity contribution in [3.05, 3.63) is 0 Å². The van der Waals surface area contributed by atoms with Crippen LogP contribution in [0.15, 0.2) is 0 Å². The van der Waals surface area contributed by atoms with Crippen LogP contribution in [0.1, 0.15) is 19.3 Å². The van der Waals surface area contributed by atoms with E-state index in [0.29, 0.717) is 6.54 Å². The van der Waals surface area contributed by atoms with Gasteiger partial charge in [0.15, 0.2) is 0 Å². The Hall–Kier alpha value is -1.83. The molecule has 1 saturated heterocycles. The fraction of sp³-hybridized carbons (Fsp3) is 0.750. The smallest absolute Gasteiger partial charge is 0.323 e. The van der Waals surface area contributed by atoms with Crippen LogP contribution < -0.4 is 11.1 Å². The van der Waals surface area contributed by atoms with E-state index in [-0.39, 0.29) is 0 Å². The Morgan fingerprint density at radius 3 is 2.35 bits per heavy atom. The van der Waals surface area contributed by atoms with Gasteiger partial charge < -0.3 is 26.0 Å². The molecule has 8 nitrogen and oxygen atoms in total. The number of urea groups is 1. The summed E-state index contributed by atoms with van der Waals surface area (Å²) in [6.45, 7) is 2.25. The van der Waals surface area contributed by atoms with Crippen LogP contribution in [-0.4, -0.2) is 72.1 Å². The predicted molar refractivity (Wildman–Crippen MR) is 72.1 cm³/mol. The minimum absolute atomic E-state index is 0.401. The summed E-state index contributed by atoms with van der Waals surface area (Å²) in [5.41, 5.74) is 4.99. The first-order valence-electron chi connectivity index (χ1n) is 6.74. The number of aliphatic carboxylic acids is 1. The lowest BCUT2D eigenvalue weighted by Gasteiger charge is -2.27. The first-order chi connectivity index (χ1) is 9.49. The van der Waals surface area contributed by atoms with E-state index < -0.39 is 31.0 Å². The molecule has 1 fully saturated rings. The summed E-state index contributed by atoms with van der Waals surface area (Å²) < 4.78 is 0. The number of carboxylic acid groups (broad SMARTS) is 1. The summed E-state index contributed by atoms with van der Waals surface area (Å²) in [4.78, 5) is 36.4. The Morgan fingerprint density at radius 2 is 1.80 bits per heavy atom. The highest BCUT2D eigenvalue weighted by molar-refractivity contribution is 5.85. The zero-order valence-corrected chi connectivity index (χ0v) is 11.5. The number of primary amides is 1. The lowest BCUT2D eigenvalue weighted by atomic mass is 10.1. The van der Waals surface area contributed by atoms with Crippen molar-refractivity contribution >= 4 is 17.9 Å². The van der Waals surface area contributed by atoms with E-state index in [2.05, 4.69) is 10.2 Å². The number of likely N-dealkylation sites (tertiary alicyclic amines) is 1. The summed E-state index contributed by atoms with van der Waals surface area (Å²) in [6, 6.07) is -0.580. The molecular weight excluding hydrogens is 264 g/mol. The van der Waals surface area contributed by atoms with Crippen LogP contribution in [0.4, 0.5) is 4.79 Å². The zero-order chi connectivity index (χ0) is 15.0. The normalized spacial score (nSPS) is 15.6. The average molecular weight is 286 g/mol. The topological polar surface area (TPSA) is 116 Å². The zero-order valence-electron chi connectivity index (χ0n) is 11.5. The minimum atomic E-state index is -1.18. The van der Waals surface area contributed by atoms with Gasteiger partial charge in [0, 0.05) is 13.1 Å². The van der Waals surface area contributed by atoms with Crippen molar-refractivity contribution in [3.8, 4) is 0 Å². The van der Waals surface area contributed by atoms with Crippen LogP contribution in [0.2, 0.25) is 0 Å². The molecular formula is C12H22N4O4. The van der Waals surface area contributed by atoms with Crippen molar-refractivity contribution in [1.82, 2.24) is 15.1 Å². The molecule has 1 aliphatic rings. The molecule has 1 rings (SSSR count). The van der Waals surface area contributed by atoms with Crippen molar-refractivity contribution in [2.24, 2.45) is 5.73 Å². The number of nitrogens with zero attached hydrogens (tertiary/aromatic N) is 2. The van der Waals surface area contributed by atoms with Crippen LogP contribution in [0.25, 0.3) is 0 Å². The van der Waals surface area contributed by atoms with Gasteiger partial charge in [-0.05, 0) is 25.9 Å². The van der Waals surface area contributed by atoms with Gasteiger partial charge >= 0.3 is 12.0 Å². The van der Waals surface area contributed by atoms with E-state index in [1.165, 1.54) is 19.3 Å². The van der Waals surface area contributed by atoms with E-state index in [4.69, 9.17) is 10.8 Å². The second-order valence-corrected chi connectivity index (χ2v) is 4.85. The first-order valence-corrected chi connectivity index (χ1v) is 6.74. The molecule has 3 amide bonds. The summed E-state index contributed by atoms with van der Waals surface area (Å²) in [6.07, 6.45) is 3.58. The molecule has 4 N–H and O–H groups in total. The molecule has 0 unspecified atom stereocenters. The number of carbonyl (C=O) groups excluding carboxylic acids is 2. The van der Waals surface area contributed by atoms with Gasteiger partial charge in [0.05, 0.1) is 0 Å². The molecule has 1 heterocycles. The largest absolute Gasteiger partial charge is 0.480 e. The maximum atomic E-state index is 11.8. The monoisotopic (exact) mass is 286 g/mol. The third-order valence-corrected chi connectivity index (χ3v) is 3.11. The van der Waals surface area contributed by atoms with Crippen LogP contribution in [0, 0.1) is 0 Å². The number of amides is 3. The van der Waals surface area contributed by atoms with E-state index in [1.54, 1.807) is 0 Å². The number of carboxylic acids is 1. The second kappa shape index (κ2) is 8.36. The lowest BCUT2D eigenvalue weighted by Crippen LogP contribution is -2.48. The van der Waals surface area contributed by atoms with E-state index in [9.17, 15) is 14.4 Å². The molecule has 0 saturated carbocycles. The Labute approximate surface area is 117 Å². The van der Waals surface area contributed by atoms with Crippen LogP contribution >= 0.6 is 0 Å². The molecule has 0 bridgehead atoms. The van der Waals surface area contributed by atoms with E-state index in [0.717, 1.165) is 24.5 Å². The molecule has 114 valence electrons. The fourth-order valence-corrected chi connectivity index (χ4v) is 2.17. The van der Waals surface area contributed by atoms with Gasteiger partial charge in [-0.25, -0.2) is 4.79 Å². The number of rotatable bonds is 7. The summed E-state index contributed by atoms with van der Waals surface area (Å²) in [5.74, 6) is -1.92. The number of nitrogens with one attached hydrogen (secondary N) is 1.